The van der Waals surface area contributed by atoms with Crippen molar-refractivity contribution in [3.05, 3.63) is 24.1 Å². The van der Waals surface area contributed by atoms with Crippen molar-refractivity contribution in [1.29, 1.82) is 0 Å². The van der Waals surface area contributed by atoms with Crippen LogP contribution in [0.2, 0.25) is 0 Å². The molecule has 0 spiro atoms. The van der Waals surface area contributed by atoms with Crippen molar-refractivity contribution in [2.24, 2.45) is 0 Å². The van der Waals surface area contributed by atoms with Crippen LogP contribution in [0.1, 0.15) is 33.1 Å². The minimum Gasteiger partial charge on any atom is -0.318 e. The molecule has 2 N–H and O–H groups in total. The van der Waals surface area contributed by atoms with E-state index in [2.05, 4.69) is 15.8 Å². The molecule has 1 aromatic heterocycles. The van der Waals surface area contributed by atoms with Gasteiger partial charge in [0.15, 0.2) is 0 Å². The zero-order chi connectivity index (χ0) is 13.8. The summed E-state index contributed by atoms with van der Waals surface area (Å²) in [6.07, 6.45) is 4.29. The summed E-state index contributed by atoms with van der Waals surface area (Å²) in [5.41, 5.74) is 5.29. The van der Waals surface area contributed by atoms with Crippen LogP contribution >= 0.6 is 0 Å². The number of urea groups is 1. The number of nitrogens with zero attached hydrogens (tertiary/aromatic N) is 2. The summed E-state index contributed by atoms with van der Waals surface area (Å²) in [7, 11) is 0. The Balaban J connectivity index is 1.91. The minimum absolute atomic E-state index is 0.175. The van der Waals surface area contributed by atoms with Crippen LogP contribution in [0.3, 0.4) is 0 Å². The summed E-state index contributed by atoms with van der Waals surface area (Å²) in [6, 6.07) is 3.04. The maximum Gasteiger partial charge on any atom is 0.336 e. The van der Waals surface area contributed by atoms with Gasteiger partial charge in [-0.3, -0.25) is 10.9 Å². The van der Waals surface area contributed by atoms with Gasteiger partial charge in [-0.2, -0.15) is 0 Å². The lowest BCUT2D eigenvalue weighted by Gasteiger charge is -2.38. The van der Waals surface area contributed by atoms with Crippen molar-refractivity contribution in [2.75, 3.05) is 5.43 Å². The molecule has 1 aliphatic heterocycles. The molecule has 104 valence electrons. The first-order chi connectivity index (χ1) is 9.08. The number of carbonyl (C=O) groups is 1. The third-order valence-electron chi connectivity index (χ3n) is 3.45. The van der Waals surface area contributed by atoms with Crippen LogP contribution in [-0.2, 0) is 0 Å². The standard InChI is InChI=1S/C13H19FN4O/c1-9-4-3-5-10(2)18(9)13(19)17-16-12-7-6-11(14)8-15-12/h6-10H,3-5H2,1-2H3,(H,15,16)(H,17,19)/t9-,10?/m0/s1. The van der Waals surface area contributed by atoms with Crippen LogP contribution in [0.25, 0.3) is 0 Å². The van der Waals surface area contributed by atoms with Gasteiger partial charge in [-0.25, -0.2) is 14.2 Å². The number of piperidine rings is 1. The van der Waals surface area contributed by atoms with Crippen molar-refractivity contribution >= 4 is 11.8 Å². The van der Waals surface area contributed by atoms with Gasteiger partial charge < -0.3 is 4.90 Å². The fourth-order valence-corrected chi connectivity index (χ4v) is 2.45. The fourth-order valence-electron chi connectivity index (χ4n) is 2.45. The minimum atomic E-state index is -0.407. The largest absolute Gasteiger partial charge is 0.336 e. The number of likely N-dealkylation sites (tertiary alicyclic amines) is 1. The van der Waals surface area contributed by atoms with Gasteiger partial charge in [0.05, 0.1) is 6.20 Å². The van der Waals surface area contributed by atoms with Gasteiger partial charge in [-0.15, -0.1) is 0 Å². The molecular weight excluding hydrogens is 247 g/mol. The van der Waals surface area contributed by atoms with Gasteiger partial charge in [0.1, 0.15) is 11.6 Å². The predicted molar refractivity (Wildman–Crippen MR) is 71.0 cm³/mol. The normalized spacial score (nSPS) is 23.0. The number of anilines is 1. The number of rotatable bonds is 2. The SMILES string of the molecule is CC1CCC[C@H](C)N1C(=O)NNc1ccc(F)cn1. The Labute approximate surface area is 112 Å². The van der Waals surface area contributed by atoms with Crippen molar-refractivity contribution in [1.82, 2.24) is 15.3 Å². The summed E-state index contributed by atoms with van der Waals surface area (Å²) < 4.78 is 12.7. The molecule has 0 saturated carbocycles. The maximum absolute atomic E-state index is 12.7. The van der Waals surface area contributed by atoms with E-state index in [4.69, 9.17) is 0 Å². The van der Waals surface area contributed by atoms with Crippen LogP contribution < -0.4 is 10.9 Å². The highest BCUT2D eigenvalue weighted by Crippen LogP contribution is 2.22. The molecule has 2 heterocycles. The number of pyridine rings is 1. The highest BCUT2D eigenvalue weighted by molar-refractivity contribution is 5.76. The third kappa shape index (κ3) is 3.33. The lowest BCUT2D eigenvalue weighted by Crippen LogP contribution is -2.53. The Hall–Kier alpha value is -1.85. The summed E-state index contributed by atoms with van der Waals surface area (Å²) in [5.74, 6) is 0.00205. The summed E-state index contributed by atoms with van der Waals surface area (Å²) in [5, 5.41) is 0. The second kappa shape index (κ2) is 5.86. The topological polar surface area (TPSA) is 57.3 Å². The van der Waals surface area contributed by atoms with Gasteiger partial charge in [-0.05, 0) is 45.2 Å². The predicted octanol–water partition coefficient (Wildman–Crippen LogP) is 2.52. The van der Waals surface area contributed by atoms with E-state index >= 15 is 0 Å². The van der Waals surface area contributed by atoms with Crippen LogP contribution in [-0.4, -0.2) is 28.0 Å². The molecule has 0 aromatic carbocycles. The molecule has 2 rings (SSSR count). The van der Waals surface area contributed by atoms with Gasteiger partial charge in [-0.1, -0.05) is 0 Å². The molecule has 19 heavy (non-hydrogen) atoms. The number of hydrogen-bond donors (Lipinski definition) is 2. The Morgan fingerprint density at radius 2 is 2.05 bits per heavy atom. The molecule has 2 atom stereocenters. The van der Waals surface area contributed by atoms with Crippen molar-refractivity contribution in [2.45, 2.75) is 45.2 Å². The second-order valence-corrected chi connectivity index (χ2v) is 4.95. The lowest BCUT2D eigenvalue weighted by molar-refractivity contribution is 0.124. The van der Waals surface area contributed by atoms with Gasteiger partial charge in [0, 0.05) is 12.1 Å². The third-order valence-corrected chi connectivity index (χ3v) is 3.45. The first kappa shape index (κ1) is 13.6. The molecule has 0 bridgehead atoms. The molecule has 0 radical (unpaired) electrons. The maximum atomic E-state index is 12.7. The van der Waals surface area contributed by atoms with Crippen molar-refractivity contribution in [3.63, 3.8) is 0 Å². The molecule has 1 aliphatic rings. The number of nitrogens with one attached hydrogen (secondary N) is 2. The van der Waals surface area contributed by atoms with Crippen LogP contribution in [0, 0.1) is 5.82 Å². The Morgan fingerprint density at radius 3 is 2.63 bits per heavy atom. The Kier molecular flexibility index (Phi) is 4.19. The highest BCUT2D eigenvalue weighted by Gasteiger charge is 2.28. The van der Waals surface area contributed by atoms with E-state index in [-0.39, 0.29) is 18.1 Å². The Morgan fingerprint density at radius 1 is 1.37 bits per heavy atom. The molecule has 1 aromatic rings. The summed E-state index contributed by atoms with van der Waals surface area (Å²) >= 11 is 0. The first-order valence-electron chi connectivity index (χ1n) is 6.54. The van der Waals surface area contributed by atoms with Crippen molar-refractivity contribution < 1.29 is 9.18 Å². The number of hydrogen-bond acceptors (Lipinski definition) is 3. The molecule has 2 amide bonds. The molecule has 1 fully saturated rings. The van der Waals surface area contributed by atoms with E-state index in [1.165, 1.54) is 12.1 Å². The fraction of sp³-hybridized carbons (Fsp3) is 0.538. The van der Waals surface area contributed by atoms with Crippen LogP contribution in [0.4, 0.5) is 15.0 Å². The van der Waals surface area contributed by atoms with Gasteiger partial charge in [0.25, 0.3) is 0 Å². The van der Waals surface area contributed by atoms with Crippen LogP contribution in [0.15, 0.2) is 18.3 Å². The van der Waals surface area contributed by atoms with Crippen LogP contribution in [0.5, 0.6) is 0 Å². The lowest BCUT2D eigenvalue weighted by atomic mass is 9.98. The number of amides is 2. The highest BCUT2D eigenvalue weighted by atomic mass is 19.1. The average molecular weight is 266 g/mol. The number of aromatic nitrogens is 1. The van der Waals surface area contributed by atoms with E-state index in [1.54, 1.807) is 0 Å². The molecule has 5 nitrogen and oxygen atoms in total. The second-order valence-electron chi connectivity index (χ2n) is 4.95. The number of hydrazine groups is 1. The number of carbonyl (C=O) groups excluding carboxylic acids is 1. The van der Waals surface area contributed by atoms with E-state index in [1.807, 2.05) is 18.7 Å². The molecule has 1 unspecified atom stereocenters. The molecule has 0 aliphatic carbocycles. The van der Waals surface area contributed by atoms with E-state index < -0.39 is 5.82 Å². The van der Waals surface area contributed by atoms with E-state index in [0.29, 0.717) is 5.82 Å². The Bertz CT molecular complexity index is 427. The van der Waals surface area contributed by atoms with E-state index in [9.17, 15) is 9.18 Å². The first-order valence-corrected chi connectivity index (χ1v) is 6.54. The molecular formula is C13H19FN4O. The monoisotopic (exact) mass is 266 g/mol. The van der Waals surface area contributed by atoms with Crippen molar-refractivity contribution in [3.8, 4) is 0 Å². The zero-order valence-corrected chi connectivity index (χ0v) is 11.2. The quantitative estimate of drug-likeness (QED) is 0.809. The van der Waals surface area contributed by atoms with Gasteiger partial charge >= 0.3 is 6.03 Å². The molecule has 6 heteroatoms. The average Bonchev–Trinajstić information content (AvgIpc) is 2.38. The number of halogens is 1. The summed E-state index contributed by atoms with van der Waals surface area (Å²) in [4.78, 5) is 17.8. The summed E-state index contributed by atoms with van der Waals surface area (Å²) in [6.45, 7) is 4.09. The molecule has 1 saturated heterocycles. The van der Waals surface area contributed by atoms with E-state index in [0.717, 1.165) is 25.5 Å². The van der Waals surface area contributed by atoms with Gasteiger partial charge in [0.2, 0.25) is 0 Å². The smallest absolute Gasteiger partial charge is 0.318 e. The zero-order valence-electron chi connectivity index (χ0n) is 11.2.